The number of rotatable bonds is 5. The quantitative estimate of drug-likeness (QED) is 0.665. The van der Waals surface area contributed by atoms with E-state index >= 15 is 0 Å². The van der Waals surface area contributed by atoms with Gasteiger partial charge in [-0.1, -0.05) is 68.4 Å². The van der Waals surface area contributed by atoms with Crippen molar-refractivity contribution < 1.29 is 8.91 Å². The van der Waals surface area contributed by atoms with E-state index in [-0.39, 0.29) is 17.3 Å². The molecule has 3 aromatic rings. The fraction of sp³-hybridized carbons (Fsp3) is 0.333. The molecule has 0 spiro atoms. The lowest BCUT2D eigenvalue weighted by Gasteiger charge is -2.28. The van der Waals surface area contributed by atoms with E-state index in [0.29, 0.717) is 18.3 Å². The Hall–Kier alpha value is -2.53. The van der Waals surface area contributed by atoms with Gasteiger partial charge in [-0.15, -0.1) is 0 Å². The molecule has 4 nitrogen and oxygen atoms in total. The highest BCUT2D eigenvalue weighted by Gasteiger charge is 2.24. The molecule has 0 aliphatic rings. The number of hydrogen-bond donors (Lipinski definition) is 0. The molecule has 136 valence electrons. The first kappa shape index (κ1) is 18.3. The van der Waals surface area contributed by atoms with E-state index < -0.39 is 0 Å². The second kappa shape index (κ2) is 7.38. The third-order valence-corrected chi connectivity index (χ3v) is 4.27. The Kier molecular flexibility index (Phi) is 5.18. The monoisotopic (exact) mass is 353 g/mol. The molecule has 0 fully saturated rings. The molecule has 1 aromatic heterocycles. The number of benzene rings is 2. The van der Waals surface area contributed by atoms with Crippen molar-refractivity contribution >= 4 is 0 Å². The van der Waals surface area contributed by atoms with E-state index in [4.69, 9.17) is 4.52 Å². The smallest absolute Gasteiger partial charge is 0.240 e. The second-order valence-corrected chi connectivity index (χ2v) is 7.54. The van der Waals surface area contributed by atoms with Crippen LogP contribution < -0.4 is 0 Å². The Morgan fingerprint density at radius 3 is 2.19 bits per heavy atom. The van der Waals surface area contributed by atoms with Crippen molar-refractivity contribution in [1.29, 1.82) is 0 Å². The zero-order valence-corrected chi connectivity index (χ0v) is 15.6. The molecule has 1 heterocycles. The van der Waals surface area contributed by atoms with Crippen LogP contribution in [0.4, 0.5) is 4.39 Å². The predicted octanol–water partition coefficient (Wildman–Crippen LogP) is 4.73. The van der Waals surface area contributed by atoms with Gasteiger partial charge in [-0.25, -0.2) is 4.39 Å². The number of hydrogen-bond acceptors (Lipinski definition) is 4. The molecule has 1 unspecified atom stereocenters. The minimum absolute atomic E-state index is 0.0400. The van der Waals surface area contributed by atoms with Gasteiger partial charge >= 0.3 is 0 Å². The van der Waals surface area contributed by atoms with Crippen LogP contribution in [0.25, 0.3) is 0 Å². The van der Waals surface area contributed by atoms with Crippen molar-refractivity contribution in [1.82, 2.24) is 15.0 Å². The topological polar surface area (TPSA) is 42.2 Å². The summed E-state index contributed by atoms with van der Waals surface area (Å²) < 4.78 is 18.8. The van der Waals surface area contributed by atoms with Crippen molar-refractivity contribution in [2.24, 2.45) is 0 Å². The van der Waals surface area contributed by atoms with Crippen LogP contribution in [-0.4, -0.2) is 22.1 Å². The first-order chi connectivity index (χ1) is 12.3. The lowest BCUT2D eigenvalue weighted by Crippen LogP contribution is -2.25. The number of aromatic nitrogens is 2. The minimum Gasteiger partial charge on any atom is -0.338 e. The van der Waals surface area contributed by atoms with Crippen molar-refractivity contribution in [3.8, 4) is 0 Å². The van der Waals surface area contributed by atoms with Crippen LogP contribution in [-0.2, 0) is 12.0 Å². The molecule has 0 saturated carbocycles. The van der Waals surface area contributed by atoms with Crippen LogP contribution in [0.1, 0.15) is 49.7 Å². The van der Waals surface area contributed by atoms with Crippen LogP contribution >= 0.6 is 0 Å². The third-order valence-electron chi connectivity index (χ3n) is 4.27. The van der Waals surface area contributed by atoms with E-state index in [1.54, 1.807) is 0 Å². The van der Waals surface area contributed by atoms with E-state index in [1.165, 1.54) is 12.1 Å². The van der Waals surface area contributed by atoms with Crippen LogP contribution in [0.2, 0.25) is 0 Å². The molecule has 0 radical (unpaired) electrons. The van der Waals surface area contributed by atoms with Crippen LogP contribution in [0.3, 0.4) is 0 Å². The zero-order valence-electron chi connectivity index (χ0n) is 15.6. The van der Waals surface area contributed by atoms with E-state index in [9.17, 15) is 4.39 Å². The van der Waals surface area contributed by atoms with Crippen LogP contribution in [0, 0.1) is 5.82 Å². The Labute approximate surface area is 153 Å². The van der Waals surface area contributed by atoms with E-state index in [1.807, 2.05) is 37.4 Å². The first-order valence-corrected chi connectivity index (χ1v) is 8.68. The number of halogens is 1. The highest BCUT2D eigenvalue weighted by Crippen LogP contribution is 2.29. The normalized spacial score (nSPS) is 13.2. The van der Waals surface area contributed by atoms with Gasteiger partial charge in [0.25, 0.3) is 0 Å². The molecular formula is C21H24FN3O. The Morgan fingerprint density at radius 1 is 1.00 bits per heavy atom. The second-order valence-electron chi connectivity index (χ2n) is 7.54. The fourth-order valence-corrected chi connectivity index (χ4v) is 2.91. The highest BCUT2D eigenvalue weighted by atomic mass is 19.1. The Bertz CT molecular complexity index is 838. The van der Waals surface area contributed by atoms with Gasteiger partial charge in [0, 0.05) is 5.41 Å². The maximum absolute atomic E-state index is 13.4. The molecule has 0 aliphatic carbocycles. The summed E-state index contributed by atoms with van der Waals surface area (Å²) in [6, 6.07) is 16.7. The van der Waals surface area contributed by atoms with Gasteiger partial charge in [0.1, 0.15) is 5.82 Å². The van der Waals surface area contributed by atoms with Gasteiger partial charge in [-0.2, -0.15) is 4.98 Å². The first-order valence-electron chi connectivity index (χ1n) is 8.68. The molecule has 3 rings (SSSR count). The average molecular weight is 353 g/mol. The standard InChI is InChI=1S/C21H24FN3O/c1-21(2,3)20-23-18(26-24-20)14-25(4)19(15-8-6-5-7-9-15)16-10-12-17(22)13-11-16/h5-13,19H,14H2,1-4H3. The van der Waals surface area contributed by atoms with Gasteiger partial charge in [0.2, 0.25) is 5.89 Å². The summed E-state index contributed by atoms with van der Waals surface area (Å²) in [6.45, 7) is 6.66. The van der Waals surface area contributed by atoms with Crippen LogP contribution in [0.15, 0.2) is 59.1 Å². The summed E-state index contributed by atoms with van der Waals surface area (Å²) in [5.74, 6) is 1.02. The molecule has 0 bridgehead atoms. The minimum atomic E-state index is -0.241. The van der Waals surface area contributed by atoms with Gasteiger partial charge in [-0.3, -0.25) is 4.90 Å². The molecule has 0 N–H and O–H groups in total. The fourth-order valence-electron chi connectivity index (χ4n) is 2.91. The van der Waals surface area contributed by atoms with E-state index in [0.717, 1.165) is 11.1 Å². The van der Waals surface area contributed by atoms with Crippen molar-refractivity contribution in [2.75, 3.05) is 7.05 Å². The average Bonchev–Trinajstić information content (AvgIpc) is 3.07. The van der Waals surface area contributed by atoms with Gasteiger partial charge < -0.3 is 4.52 Å². The lowest BCUT2D eigenvalue weighted by molar-refractivity contribution is 0.228. The lowest BCUT2D eigenvalue weighted by atomic mass is 9.96. The predicted molar refractivity (Wildman–Crippen MR) is 99.2 cm³/mol. The van der Waals surface area contributed by atoms with E-state index in [2.05, 4.69) is 47.9 Å². The summed E-state index contributed by atoms with van der Waals surface area (Å²) in [7, 11) is 2.00. The Morgan fingerprint density at radius 2 is 1.62 bits per heavy atom. The van der Waals surface area contributed by atoms with Crippen molar-refractivity contribution in [3.05, 3.63) is 83.3 Å². The molecule has 5 heteroatoms. The molecule has 0 aliphatic heterocycles. The number of nitrogens with zero attached hydrogens (tertiary/aromatic N) is 3. The van der Waals surface area contributed by atoms with Crippen LogP contribution in [0.5, 0.6) is 0 Å². The summed E-state index contributed by atoms with van der Waals surface area (Å²) in [5, 5.41) is 4.09. The summed E-state index contributed by atoms with van der Waals surface area (Å²) in [6.07, 6.45) is 0. The van der Waals surface area contributed by atoms with Gasteiger partial charge in [-0.05, 0) is 30.3 Å². The molecular weight excluding hydrogens is 329 g/mol. The third kappa shape index (κ3) is 4.17. The maximum Gasteiger partial charge on any atom is 0.240 e. The van der Waals surface area contributed by atoms with Crippen molar-refractivity contribution in [3.63, 3.8) is 0 Å². The largest absolute Gasteiger partial charge is 0.338 e. The van der Waals surface area contributed by atoms with Gasteiger partial charge in [0.05, 0.1) is 12.6 Å². The van der Waals surface area contributed by atoms with Crippen molar-refractivity contribution in [2.45, 2.75) is 38.8 Å². The summed E-state index contributed by atoms with van der Waals surface area (Å²) in [5.41, 5.74) is 1.98. The molecule has 0 amide bonds. The maximum atomic E-state index is 13.4. The summed E-state index contributed by atoms with van der Waals surface area (Å²) >= 11 is 0. The zero-order chi connectivity index (χ0) is 18.7. The molecule has 26 heavy (non-hydrogen) atoms. The Balaban J connectivity index is 1.89. The van der Waals surface area contributed by atoms with Gasteiger partial charge in [0.15, 0.2) is 5.82 Å². The molecule has 0 saturated heterocycles. The molecule has 1 atom stereocenters. The SMILES string of the molecule is CN(Cc1nc(C(C)(C)C)no1)C(c1ccccc1)c1ccc(F)cc1. The highest BCUT2D eigenvalue weighted by molar-refractivity contribution is 5.32. The molecule has 2 aromatic carbocycles. The summed E-state index contributed by atoms with van der Waals surface area (Å²) in [4.78, 5) is 6.65.